The summed E-state index contributed by atoms with van der Waals surface area (Å²) in [5, 5.41) is 3.71. The summed E-state index contributed by atoms with van der Waals surface area (Å²) in [6, 6.07) is 34.7. The monoisotopic (exact) mass is 398 g/mol. The van der Waals surface area contributed by atoms with Gasteiger partial charge in [-0.25, -0.2) is 4.98 Å². The largest absolute Gasteiger partial charge is 0.292 e. The number of aromatic nitrogens is 2. The molecule has 0 saturated heterocycles. The molecule has 0 saturated carbocycles. The number of aryl methyl sites for hydroxylation is 1. The molecule has 2 aromatic heterocycles. The van der Waals surface area contributed by atoms with E-state index in [1.807, 2.05) is 6.20 Å². The molecule has 0 aliphatic carbocycles. The molecule has 6 rings (SSSR count). The highest BCUT2D eigenvalue weighted by molar-refractivity contribution is 6.12. The Morgan fingerprint density at radius 3 is 2.26 bits per heavy atom. The van der Waals surface area contributed by atoms with E-state index in [1.54, 1.807) is 0 Å². The summed E-state index contributed by atoms with van der Waals surface area (Å²) in [5.74, 6) is 0. The Bertz CT molecular complexity index is 1560. The summed E-state index contributed by atoms with van der Waals surface area (Å²) in [6.45, 7) is 2.16. The smallest absolute Gasteiger partial charge is 0.145 e. The Morgan fingerprint density at radius 1 is 0.677 bits per heavy atom. The van der Waals surface area contributed by atoms with Crippen molar-refractivity contribution in [1.82, 2.24) is 9.38 Å². The highest BCUT2D eigenvalue weighted by Crippen LogP contribution is 2.34. The molecule has 0 amide bonds. The van der Waals surface area contributed by atoms with Crippen molar-refractivity contribution in [3.05, 3.63) is 120 Å². The van der Waals surface area contributed by atoms with Crippen LogP contribution in [0.25, 0.3) is 38.6 Å². The second kappa shape index (κ2) is 7.10. The highest BCUT2D eigenvalue weighted by Gasteiger charge is 2.15. The fourth-order valence-corrected chi connectivity index (χ4v) is 4.68. The predicted octanol–water partition coefficient (Wildman–Crippen LogP) is 7.21. The maximum Gasteiger partial charge on any atom is 0.145 e. The molecule has 148 valence electrons. The van der Waals surface area contributed by atoms with Crippen LogP contribution < -0.4 is 0 Å². The van der Waals surface area contributed by atoms with Gasteiger partial charge in [0.1, 0.15) is 5.65 Å². The van der Waals surface area contributed by atoms with Crippen LogP contribution in [-0.4, -0.2) is 9.38 Å². The Hall–Kier alpha value is -3.91. The van der Waals surface area contributed by atoms with Gasteiger partial charge in [0.05, 0.1) is 17.4 Å². The standard InChI is InChI=1S/C29H22N2/c1-20-9-5-6-12-23(20)28-19-30-29-25-14-8-7-13-24(25)26-18-22(15-16-27(26)31(28)29)17-21-10-3-2-4-11-21/h2-16,18-19H,17H2,1H3. The van der Waals surface area contributed by atoms with E-state index in [9.17, 15) is 0 Å². The molecular weight excluding hydrogens is 376 g/mol. The summed E-state index contributed by atoms with van der Waals surface area (Å²) in [5.41, 5.74) is 8.47. The van der Waals surface area contributed by atoms with Crippen LogP contribution in [0.4, 0.5) is 0 Å². The Morgan fingerprint density at radius 2 is 1.42 bits per heavy atom. The van der Waals surface area contributed by atoms with E-state index in [4.69, 9.17) is 4.98 Å². The van der Waals surface area contributed by atoms with E-state index in [-0.39, 0.29) is 0 Å². The molecule has 4 aromatic carbocycles. The Balaban J connectivity index is 1.67. The zero-order valence-corrected chi connectivity index (χ0v) is 17.4. The van der Waals surface area contributed by atoms with Gasteiger partial charge in [-0.3, -0.25) is 4.40 Å². The third kappa shape index (κ3) is 2.91. The molecule has 0 fully saturated rings. The topological polar surface area (TPSA) is 17.3 Å². The molecule has 2 heteroatoms. The van der Waals surface area contributed by atoms with Crippen molar-refractivity contribution in [2.24, 2.45) is 0 Å². The lowest BCUT2D eigenvalue weighted by molar-refractivity contribution is 1.19. The molecule has 0 bridgehead atoms. The second-order valence-corrected chi connectivity index (χ2v) is 8.18. The van der Waals surface area contributed by atoms with Crippen molar-refractivity contribution >= 4 is 27.3 Å². The first-order valence-corrected chi connectivity index (χ1v) is 10.7. The maximum absolute atomic E-state index is 4.87. The SMILES string of the molecule is Cc1ccccc1-c1cnc2c3ccccc3c3cc(Cc4ccccc4)ccc3n12. The summed E-state index contributed by atoms with van der Waals surface area (Å²) in [6.07, 6.45) is 2.94. The molecule has 2 heterocycles. The molecule has 0 spiro atoms. The first-order valence-electron chi connectivity index (χ1n) is 10.7. The van der Waals surface area contributed by atoms with Gasteiger partial charge in [-0.1, -0.05) is 84.9 Å². The van der Waals surface area contributed by atoms with E-state index in [0.717, 1.165) is 17.8 Å². The molecular formula is C29H22N2. The van der Waals surface area contributed by atoms with E-state index in [0.29, 0.717) is 0 Å². The highest BCUT2D eigenvalue weighted by atomic mass is 15.0. The van der Waals surface area contributed by atoms with Gasteiger partial charge in [0.2, 0.25) is 0 Å². The lowest BCUT2D eigenvalue weighted by Crippen LogP contribution is -1.96. The number of benzene rings is 4. The lowest BCUT2D eigenvalue weighted by atomic mass is 9.99. The van der Waals surface area contributed by atoms with Gasteiger partial charge < -0.3 is 0 Å². The molecule has 0 aliphatic rings. The van der Waals surface area contributed by atoms with Crippen molar-refractivity contribution in [2.75, 3.05) is 0 Å². The summed E-state index contributed by atoms with van der Waals surface area (Å²) in [7, 11) is 0. The van der Waals surface area contributed by atoms with Gasteiger partial charge in [-0.2, -0.15) is 0 Å². The van der Waals surface area contributed by atoms with E-state index in [2.05, 4.69) is 108 Å². The van der Waals surface area contributed by atoms with Crippen LogP contribution in [-0.2, 0) is 6.42 Å². The predicted molar refractivity (Wildman–Crippen MR) is 130 cm³/mol. The fourth-order valence-electron chi connectivity index (χ4n) is 4.68. The number of imidazole rings is 1. The van der Waals surface area contributed by atoms with Gasteiger partial charge >= 0.3 is 0 Å². The lowest BCUT2D eigenvalue weighted by Gasteiger charge is -2.13. The molecule has 0 radical (unpaired) electrons. The van der Waals surface area contributed by atoms with Crippen LogP contribution >= 0.6 is 0 Å². The zero-order valence-electron chi connectivity index (χ0n) is 17.4. The third-order valence-electron chi connectivity index (χ3n) is 6.19. The van der Waals surface area contributed by atoms with E-state index in [1.165, 1.54) is 43.9 Å². The van der Waals surface area contributed by atoms with Crippen LogP contribution in [0.15, 0.2) is 103 Å². The quantitative estimate of drug-likeness (QED) is 0.288. The fraction of sp³-hybridized carbons (Fsp3) is 0.0690. The average molecular weight is 399 g/mol. The van der Waals surface area contributed by atoms with Crippen LogP contribution in [0.5, 0.6) is 0 Å². The maximum atomic E-state index is 4.87. The van der Waals surface area contributed by atoms with Crippen molar-refractivity contribution < 1.29 is 0 Å². The normalized spacial score (nSPS) is 11.5. The van der Waals surface area contributed by atoms with Crippen LogP contribution in [0, 0.1) is 6.92 Å². The van der Waals surface area contributed by atoms with Crippen molar-refractivity contribution in [3.8, 4) is 11.3 Å². The molecule has 0 atom stereocenters. The number of hydrogen-bond acceptors (Lipinski definition) is 1. The molecule has 0 N–H and O–H groups in total. The summed E-state index contributed by atoms with van der Waals surface area (Å²) < 4.78 is 2.33. The van der Waals surface area contributed by atoms with Gasteiger partial charge in [0.15, 0.2) is 0 Å². The third-order valence-corrected chi connectivity index (χ3v) is 6.19. The minimum atomic E-state index is 0.928. The molecule has 6 aromatic rings. The minimum Gasteiger partial charge on any atom is -0.292 e. The summed E-state index contributed by atoms with van der Waals surface area (Å²) in [4.78, 5) is 4.87. The molecule has 31 heavy (non-hydrogen) atoms. The van der Waals surface area contributed by atoms with Gasteiger partial charge in [-0.05, 0) is 47.6 Å². The van der Waals surface area contributed by atoms with Crippen LogP contribution in [0.3, 0.4) is 0 Å². The van der Waals surface area contributed by atoms with Crippen LogP contribution in [0.2, 0.25) is 0 Å². The zero-order chi connectivity index (χ0) is 20.8. The first kappa shape index (κ1) is 17.9. The van der Waals surface area contributed by atoms with Gasteiger partial charge in [-0.15, -0.1) is 0 Å². The Labute approximate surface area is 181 Å². The second-order valence-electron chi connectivity index (χ2n) is 8.18. The van der Waals surface area contributed by atoms with Gasteiger partial charge in [0, 0.05) is 16.3 Å². The number of rotatable bonds is 3. The van der Waals surface area contributed by atoms with E-state index < -0.39 is 0 Å². The molecule has 2 nitrogen and oxygen atoms in total. The average Bonchev–Trinajstić information content (AvgIpc) is 3.25. The van der Waals surface area contributed by atoms with Crippen molar-refractivity contribution in [1.29, 1.82) is 0 Å². The number of nitrogens with zero attached hydrogens (tertiary/aromatic N) is 2. The van der Waals surface area contributed by atoms with Crippen LogP contribution in [0.1, 0.15) is 16.7 Å². The van der Waals surface area contributed by atoms with E-state index >= 15 is 0 Å². The van der Waals surface area contributed by atoms with Crippen molar-refractivity contribution in [3.63, 3.8) is 0 Å². The van der Waals surface area contributed by atoms with Gasteiger partial charge in [0.25, 0.3) is 0 Å². The van der Waals surface area contributed by atoms with Crippen molar-refractivity contribution in [2.45, 2.75) is 13.3 Å². The molecule has 0 unspecified atom stereocenters. The number of fused-ring (bicyclic) bond motifs is 6. The number of pyridine rings is 1. The Kier molecular flexibility index (Phi) is 4.10. The minimum absolute atomic E-state index is 0.928. The molecule has 0 aliphatic heterocycles. The number of hydrogen-bond donors (Lipinski definition) is 0. The summed E-state index contributed by atoms with van der Waals surface area (Å²) >= 11 is 0. The first-order chi connectivity index (χ1) is 15.3.